The number of hydrogen-bond acceptors (Lipinski definition) is 3. The van der Waals surface area contributed by atoms with E-state index in [1.807, 2.05) is 20.8 Å². The second-order valence-corrected chi connectivity index (χ2v) is 11.6. The highest BCUT2D eigenvalue weighted by atomic mass is 32.2. The fourth-order valence-electron chi connectivity index (χ4n) is 3.82. The van der Waals surface area contributed by atoms with E-state index in [2.05, 4.69) is 4.72 Å². The zero-order valence-corrected chi connectivity index (χ0v) is 22.1. The Labute approximate surface area is 216 Å². The van der Waals surface area contributed by atoms with Gasteiger partial charge < -0.3 is 4.90 Å². The molecule has 1 N–H and O–H groups in total. The Hall–Kier alpha value is -3.17. The second-order valence-electron chi connectivity index (χ2n) is 9.85. The average molecular weight is 533 g/mol. The van der Waals surface area contributed by atoms with E-state index in [9.17, 15) is 26.4 Å². The molecule has 3 rings (SSSR count). The van der Waals surface area contributed by atoms with Crippen LogP contribution in [0.25, 0.3) is 0 Å². The molecule has 0 radical (unpaired) electrons. The molecule has 0 atom stereocenters. The maximum absolute atomic E-state index is 13.4. The van der Waals surface area contributed by atoms with Crippen LogP contribution in [0.15, 0.2) is 77.7 Å². The molecule has 0 unspecified atom stereocenters. The number of sulfonamides is 1. The molecular weight excluding hydrogens is 501 g/mol. The number of alkyl halides is 3. The van der Waals surface area contributed by atoms with Crippen LogP contribution in [0.1, 0.15) is 54.2 Å². The minimum atomic E-state index is -4.56. The lowest BCUT2D eigenvalue weighted by atomic mass is 9.87. The van der Waals surface area contributed by atoms with E-state index in [1.165, 1.54) is 17.0 Å². The van der Waals surface area contributed by atoms with Crippen molar-refractivity contribution in [2.24, 2.45) is 0 Å². The van der Waals surface area contributed by atoms with Gasteiger partial charge in [-0.15, -0.1) is 0 Å². The molecule has 0 aliphatic heterocycles. The highest BCUT2D eigenvalue weighted by Gasteiger charge is 2.31. The molecule has 0 fully saturated rings. The van der Waals surface area contributed by atoms with Crippen molar-refractivity contribution in [2.45, 2.75) is 50.6 Å². The van der Waals surface area contributed by atoms with Gasteiger partial charge in [-0.1, -0.05) is 57.2 Å². The minimum Gasteiger partial charge on any atom is -0.308 e. The normalized spacial score (nSPS) is 12.4. The van der Waals surface area contributed by atoms with E-state index in [1.54, 1.807) is 55.5 Å². The van der Waals surface area contributed by atoms with Gasteiger partial charge >= 0.3 is 6.18 Å². The van der Waals surface area contributed by atoms with E-state index in [-0.39, 0.29) is 35.5 Å². The summed E-state index contributed by atoms with van der Waals surface area (Å²) >= 11 is 0. The number of halogens is 3. The van der Waals surface area contributed by atoms with Crippen LogP contribution in [0.3, 0.4) is 0 Å². The first-order chi connectivity index (χ1) is 17.2. The van der Waals surface area contributed by atoms with Gasteiger partial charge in [0, 0.05) is 24.3 Å². The molecule has 0 aromatic heterocycles. The Kier molecular flexibility index (Phi) is 8.49. The number of hydrogen-bond donors (Lipinski definition) is 1. The summed E-state index contributed by atoms with van der Waals surface area (Å²) in [6.45, 7) is 7.85. The lowest BCUT2D eigenvalue weighted by molar-refractivity contribution is -0.137. The predicted octanol–water partition coefficient (Wildman–Crippen LogP) is 6.33. The molecule has 5 nitrogen and oxygen atoms in total. The number of aryl methyl sites for hydroxylation is 1. The zero-order chi connectivity index (χ0) is 27.4. The Morgan fingerprint density at radius 2 is 1.54 bits per heavy atom. The molecule has 0 aliphatic carbocycles. The first-order valence-electron chi connectivity index (χ1n) is 11.8. The second kappa shape index (κ2) is 11.1. The first kappa shape index (κ1) is 28.4. The monoisotopic (exact) mass is 532 g/mol. The lowest BCUT2D eigenvalue weighted by Crippen LogP contribution is -2.35. The van der Waals surface area contributed by atoms with E-state index >= 15 is 0 Å². The van der Waals surface area contributed by atoms with Gasteiger partial charge in [0.2, 0.25) is 10.0 Å². The number of nitrogens with zero attached hydrogens (tertiary/aromatic N) is 1. The summed E-state index contributed by atoms with van der Waals surface area (Å²) in [4.78, 5) is 14.7. The van der Waals surface area contributed by atoms with E-state index in [4.69, 9.17) is 0 Å². The highest BCUT2D eigenvalue weighted by Crippen LogP contribution is 2.32. The molecule has 37 heavy (non-hydrogen) atoms. The van der Waals surface area contributed by atoms with Crippen LogP contribution in [0, 0.1) is 6.92 Å². The van der Waals surface area contributed by atoms with E-state index in [0.29, 0.717) is 11.1 Å². The van der Waals surface area contributed by atoms with Gasteiger partial charge in [-0.05, 0) is 66.3 Å². The fourth-order valence-corrected chi connectivity index (χ4v) is 4.89. The third-order valence-corrected chi connectivity index (χ3v) is 7.46. The number of benzene rings is 3. The molecule has 3 aromatic carbocycles. The SMILES string of the molecule is Cc1ccccc1C(=O)N(CCCNS(=O)(=O)c1ccc(C(C)(C)C)cc1)c1cccc(C(F)(F)F)c1. The van der Waals surface area contributed by atoms with Gasteiger partial charge in [0.25, 0.3) is 5.91 Å². The maximum Gasteiger partial charge on any atom is 0.416 e. The number of anilines is 1. The van der Waals surface area contributed by atoms with Crippen LogP contribution in [-0.2, 0) is 21.6 Å². The molecule has 0 aliphatic rings. The third-order valence-electron chi connectivity index (χ3n) is 5.99. The summed E-state index contributed by atoms with van der Waals surface area (Å²) in [6, 6.07) is 18.0. The van der Waals surface area contributed by atoms with Crippen molar-refractivity contribution < 1.29 is 26.4 Å². The average Bonchev–Trinajstić information content (AvgIpc) is 2.83. The largest absolute Gasteiger partial charge is 0.416 e. The number of rotatable bonds is 8. The molecule has 0 heterocycles. The summed E-state index contributed by atoms with van der Waals surface area (Å²) < 4.78 is 68.0. The molecule has 0 saturated carbocycles. The van der Waals surface area contributed by atoms with Gasteiger partial charge in [-0.2, -0.15) is 13.2 Å². The molecule has 3 aromatic rings. The van der Waals surface area contributed by atoms with Crippen LogP contribution >= 0.6 is 0 Å². The number of nitrogens with one attached hydrogen (secondary N) is 1. The van der Waals surface area contributed by atoms with Crippen molar-refractivity contribution in [1.82, 2.24) is 4.72 Å². The Balaban J connectivity index is 1.77. The molecule has 0 saturated heterocycles. The van der Waals surface area contributed by atoms with Crippen molar-refractivity contribution in [3.8, 4) is 0 Å². The van der Waals surface area contributed by atoms with Gasteiger partial charge in [-0.25, -0.2) is 13.1 Å². The van der Waals surface area contributed by atoms with Gasteiger partial charge in [0.05, 0.1) is 10.5 Å². The van der Waals surface area contributed by atoms with Crippen molar-refractivity contribution in [3.05, 3.63) is 95.1 Å². The summed E-state index contributed by atoms with van der Waals surface area (Å²) in [5, 5.41) is 0. The Bertz CT molecular complexity index is 1350. The third kappa shape index (κ3) is 7.20. The number of carbonyl (C=O) groups is 1. The molecule has 1 amide bonds. The fraction of sp³-hybridized carbons (Fsp3) is 0.321. The number of carbonyl (C=O) groups excluding carboxylic acids is 1. The number of amides is 1. The summed E-state index contributed by atoms with van der Waals surface area (Å²) in [5.74, 6) is -0.460. The van der Waals surface area contributed by atoms with Gasteiger partial charge in [-0.3, -0.25) is 4.79 Å². The van der Waals surface area contributed by atoms with Crippen LogP contribution in [0.5, 0.6) is 0 Å². The van der Waals surface area contributed by atoms with Crippen molar-refractivity contribution in [2.75, 3.05) is 18.0 Å². The van der Waals surface area contributed by atoms with Crippen LogP contribution in [-0.4, -0.2) is 27.4 Å². The topological polar surface area (TPSA) is 66.5 Å². The zero-order valence-electron chi connectivity index (χ0n) is 21.3. The molecule has 0 bridgehead atoms. The Morgan fingerprint density at radius 1 is 0.892 bits per heavy atom. The van der Waals surface area contributed by atoms with Gasteiger partial charge in [0.1, 0.15) is 0 Å². The summed E-state index contributed by atoms with van der Waals surface area (Å²) in [6.07, 6.45) is -4.38. The van der Waals surface area contributed by atoms with Crippen LogP contribution < -0.4 is 9.62 Å². The molecule has 9 heteroatoms. The summed E-state index contributed by atoms with van der Waals surface area (Å²) in [5.41, 5.74) is 1.14. The van der Waals surface area contributed by atoms with Crippen LogP contribution in [0.4, 0.5) is 18.9 Å². The maximum atomic E-state index is 13.4. The summed E-state index contributed by atoms with van der Waals surface area (Å²) in [7, 11) is -3.79. The lowest BCUT2D eigenvalue weighted by Gasteiger charge is -2.25. The molecular formula is C28H31F3N2O3S. The Morgan fingerprint density at radius 3 is 2.14 bits per heavy atom. The van der Waals surface area contributed by atoms with Crippen molar-refractivity contribution in [1.29, 1.82) is 0 Å². The van der Waals surface area contributed by atoms with Crippen molar-refractivity contribution in [3.63, 3.8) is 0 Å². The van der Waals surface area contributed by atoms with Crippen LogP contribution in [0.2, 0.25) is 0 Å². The van der Waals surface area contributed by atoms with E-state index in [0.717, 1.165) is 17.7 Å². The predicted molar refractivity (Wildman–Crippen MR) is 139 cm³/mol. The van der Waals surface area contributed by atoms with E-state index < -0.39 is 27.7 Å². The van der Waals surface area contributed by atoms with Crippen molar-refractivity contribution >= 4 is 21.6 Å². The standard InChI is InChI=1S/C28H31F3N2O3S/c1-20-9-5-6-12-25(20)26(34)33(23-11-7-10-22(19-23)28(29,30)31)18-8-17-32-37(35,36)24-15-13-21(14-16-24)27(2,3)4/h5-7,9-16,19,32H,8,17-18H2,1-4H3. The quantitative estimate of drug-likeness (QED) is 0.345. The first-order valence-corrected chi connectivity index (χ1v) is 13.3. The molecule has 198 valence electrons. The molecule has 0 spiro atoms. The highest BCUT2D eigenvalue weighted by molar-refractivity contribution is 7.89. The smallest absolute Gasteiger partial charge is 0.308 e. The minimum absolute atomic E-state index is 0.000130. The van der Waals surface area contributed by atoms with Gasteiger partial charge in [0.15, 0.2) is 0 Å².